The number of carbonyl (C=O) groups excluding carboxylic acids is 1. The molecule has 1 aromatic rings. The SMILES string of the molecule is O=C(O)[C@H](Cc1ccccc1)N=C1CC(=O)C12CCCCC2. The van der Waals surface area contributed by atoms with Crippen LogP contribution in [-0.4, -0.2) is 28.6 Å². The summed E-state index contributed by atoms with van der Waals surface area (Å²) in [5.41, 5.74) is 1.38. The number of aliphatic carboxylic acids is 1. The van der Waals surface area contributed by atoms with Crippen LogP contribution in [0.2, 0.25) is 0 Å². The fraction of sp³-hybridized carbons (Fsp3) is 0.500. The van der Waals surface area contributed by atoms with Crippen molar-refractivity contribution < 1.29 is 14.7 Å². The van der Waals surface area contributed by atoms with Gasteiger partial charge in [0.15, 0.2) is 6.04 Å². The molecule has 0 unspecified atom stereocenters. The summed E-state index contributed by atoms with van der Waals surface area (Å²) >= 11 is 0. The minimum absolute atomic E-state index is 0.259. The number of nitrogens with zero attached hydrogens (tertiary/aromatic N) is 1. The zero-order valence-corrected chi connectivity index (χ0v) is 12.6. The van der Waals surface area contributed by atoms with E-state index in [0.717, 1.165) is 43.4 Å². The lowest BCUT2D eigenvalue weighted by Crippen LogP contribution is -2.52. The Morgan fingerprint density at radius 1 is 1.18 bits per heavy atom. The van der Waals surface area contributed by atoms with Crippen molar-refractivity contribution >= 4 is 17.5 Å². The van der Waals surface area contributed by atoms with E-state index in [1.54, 1.807) is 0 Å². The van der Waals surface area contributed by atoms with Gasteiger partial charge in [0.05, 0.1) is 5.41 Å². The van der Waals surface area contributed by atoms with Crippen molar-refractivity contribution in [1.29, 1.82) is 0 Å². The molecule has 0 radical (unpaired) electrons. The fourth-order valence-corrected chi connectivity index (χ4v) is 3.65. The molecule has 2 fully saturated rings. The predicted octanol–water partition coefficient (Wildman–Crippen LogP) is 3.05. The number of ketones is 1. The Kier molecular flexibility index (Phi) is 4.10. The quantitative estimate of drug-likeness (QED) is 0.929. The van der Waals surface area contributed by atoms with Crippen molar-refractivity contribution in [2.75, 3.05) is 0 Å². The van der Waals surface area contributed by atoms with Gasteiger partial charge in [-0.25, -0.2) is 4.79 Å². The van der Waals surface area contributed by atoms with Gasteiger partial charge in [0.25, 0.3) is 0 Å². The molecule has 0 saturated heterocycles. The highest BCUT2D eigenvalue weighted by molar-refractivity contribution is 6.27. The topological polar surface area (TPSA) is 66.7 Å². The lowest BCUT2D eigenvalue weighted by molar-refractivity contribution is -0.138. The summed E-state index contributed by atoms with van der Waals surface area (Å²) < 4.78 is 0. The van der Waals surface area contributed by atoms with Gasteiger partial charge in [-0.2, -0.15) is 0 Å². The lowest BCUT2D eigenvalue weighted by atomic mass is 9.58. The molecule has 2 saturated carbocycles. The molecule has 116 valence electrons. The molecule has 1 N–H and O–H groups in total. The molecule has 4 heteroatoms. The first-order chi connectivity index (χ1) is 10.6. The molecule has 0 bridgehead atoms. The third-order valence-electron chi connectivity index (χ3n) is 4.99. The van der Waals surface area contributed by atoms with E-state index in [4.69, 9.17) is 0 Å². The van der Waals surface area contributed by atoms with Crippen LogP contribution < -0.4 is 0 Å². The summed E-state index contributed by atoms with van der Waals surface area (Å²) in [5, 5.41) is 9.46. The van der Waals surface area contributed by atoms with E-state index >= 15 is 0 Å². The van der Waals surface area contributed by atoms with Crippen LogP contribution >= 0.6 is 0 Å². The van der Waals surface area contributed by atoms with Crippen LogP contribution in [0.25, 0.3) is 0 Å². The van der Waals surface area contributed by atoms with Gasteiger partial charge in [0.1, 0.15) is 5.78 Å². The van der Waals surface area contributed by atoms with Gasteiger partial charge < -0.3 is 5.11 Å². The van der Waals surface area contributed by atoms with Crippen molar-refractivity contribution in [3.8, 4) is 0 Å². The average Bonchev–Trinajstić information content (AvgIpc) is 2.55. The first-order valence-corrected chi connectivity index (χ1v) is 7.99. The Hall–Kier alpha value is -1.97. The Morgan fingerprint density at radius 2 is 1.86 bits per heavy atom. The van der Waals surface area contributed by atoms with Gasteiger partial charge in [-0.15, -0.1) is 0 Å². The van der Waals surface area contributed by atoms with E-state index in [9.17, 15) is 14.7 Å². The van der Waals surface area contributed by atoms with E-state index in [-0.39, 0.29) is 5.78 Å². The smallest absolute Gasteiger partial charge is 0.328 e. The summed E-state index contributed by atoms with van der Waals surface area (Å²) in [6, 6.07) is 8.75. The van der Waals surface area contributed by atoms with E-state index in [0.29, 0.717) is 12.8 Å². The molecular weight excluding hydrogens is 278 g/mol. The number of hydrogen-bond acceptors (Lipinski definition) is 3. The van der Waals surface area contributed by atoms with Gasteiger partial charge in [0.2, 0.25) is 0 Å². The molecule has 0 aromatic heterocycles. The van der Waals surface area contributed by atoms with Crippen LogP contribution in [0.3, 0.4) is 0 Å². The van der Waals surface area contributed by atoms with Crippen LogP contribution in [0.5, 0.6) is 0 Å². The van der Waals surface area contributed by atoms with Crippen molar-refractivity contribution in [3.05, 3.63) is 35.9 Å². The third-order valence-corrected chi connectivity index (χ3v) is 4.99. The maximum Gasteiger partial charge on any atom is 0.328 e. The maximum atomic E-state index is 12.1. The van der Waals surface area contributed by atoms with Crippen molar-refractivity contribution in [3.63, 3.8) is 0 Å². The Balaban J connectivity index is 1.81. The van der Waals surface area contributed by atoms with Gasteiger partial charge in [-0.1, -0.05) is 49.6 Å². The second kappa shape index (κ2) is 6.03. The number of carbonyl (C=O) groups is 2. The molecule has 0 amide bonds. The highest BCUT2D eigenvalue weighted by atomic mass is 16.4. The number of Topliss-reactive ketones (excluding diaryl/α,β-unsaturated/α-hetero) is 1. The number of carboxylic acid groups (broad SMARTS) is 1. The number of carboxylic acids is 1. The number of aliphatic imine (C=N–C) groups is 1. The van der Waals surface area contributed by atoms with Gasteiger partial charge >= 0.3 is 5.97 Å². The molecule has 1 aromatic carbocycles. The number of rotatable bonds is 4. The highest BCUT2D eigenvalue weighted by Crippen LogP contribution is 2.47. The largest absolute Gasteiger partial charge is 0.480 e. The molecule has 2 aliphatic rings. The Bertz CT molecular complexity index is 600. The van der Waals surface area contributed by atoms with E-state index in [2.05, 4.69) is 4.99 Å². The van der Waals surface area contributed by atoms with Gasteiger partial charge in [0, 0.05) is 18.6 Å². The molecule has 1 atom stereocenters. The van der Waals surface area contributed by atoms with Gasteiger partial charge in [-0.3, -0.25) is 9.79 Å². The summed E-state index contributed by atoms with van der Waals surface area (Å²) in [4.78, 5) is 28.1. The van der Waals surface area contributed by atoms with Gasteiger partial charge in [-0.05, 0) is 18.4 Å². The van der Waals surface area contributed by atoms with Crippen LogP contribution in [0.15, 0.2) is 35.3 Å². The van der Waals surface area contributed by atoms with Crippen LogP contribution in [0.4, 0.5) is 0 Å². The van der Waals surface area contributed by atoms with Crippen LogP contribution in [-0.2, 0) is 16.0 Å². The van der Waals surface area contributed by atoms with E-state index in [1.807, 2.05) is 30.3 Å². The zero-order chi connectivity index (χ0) is 15.6. The summed E-state index contributed by atoms with van der Waals surface area (Å²) in [6.45, 7) is 0. The highest BCUT2D eigenvalue weighted by Gasteiger charge is 2.52. The second-order valence-electron chi connectivity index (χ2n) is 6.36. The Labute approximate surface area is 130 Å². The second-order valence-corrected chi connectivity index (χ2v) is 6.36. The normalized spacial score (nSPS) is 23.3. The minimum Gasteiger partial charge on any atom is -0.480 e. The van der Waals surface area contributed by atoms with Crippen molar-refractivity contribution in [2.45, 2.75) is 51.0 Å². The number of benzene rings is 1. The predicted molar refractivity (Wildman–Crippen MR) is 84.1 cm³/mol. The van der Waals surface area contributed by atoms with Crippen molar-refractivity contribution in [1.82, 2.24) is 0 Å². The van der Waals surface area contributed by atoms with Crippen LogP contribution in [0, 0.1) is 5.41 Å². The molecule has 1 spiro atoms. The molecule has 22 heavy (non-hydrogen) atoms. The average molecular weight is 299 g/mol. The van der Waals surface area contributed by atoms with E-state index in [1.165, 1.54) is 0 Å². The fourth-order valence-electron chi connectivity index (χ4n) is 3.65. The molecular formula is C18H21NO3. The first-order valence-electron chi connectivity index (χ1n) is 7.99. The summed E-state index contributed by atoms with van der Waals surface area (Å²) in [6.07, 6.45) is 5.67. The molecule has 3 rings (SSSR count). The monoisotopic (exact) mass is 299 g/mol. The zero-order valence-electron chi connectivity index (χ0n) is 12.6. The summed E-state index contributed by atoms with van der Waals surface area (Å²) in [5.74, 6) is -0.656. The first kappa shape index (κ1) is 14.9. The van der Waals surface area contributed by atoms with E-state index < -0.39 is 17.4 Å². The molecule has 4 nitrogen and oxygen atoms in total. The minimum atomic E-state index is -0.915. The van der Waals surface area contributed by atoms with Crippen molar-refractivity contribution in [2.24, 2.45) is 10.4 Å². The number of hydrogen-bond donors (Lipinski definition) is 1. The summed E-state index contributed by atoms with van der Waals surface area (Å²) in [7, 11) is 0. The standard InChI is InChI=1S/C18H21NO3/c20-16-12-15(18(16)9-5-2-6-10-18)19-14(17(21)22)11-13-7-3-1-4-8-13/h1,3-4,7-8,14H,2,5-6,9-12H2,(H,21,22)/t14-/m0/s1. The molecule has 2 aliphatic carbocycles. The molecule has 0 aliphatic heterocycles. The molecule has 0 heterocycles. The maximum absolute atomic E-state index is 12.1. The Morgan fingerprint density at radius 3 is 2.45 bits per heavy atom. The third kappa shape index (κ3) is 2.70. The van der Waals surface area contributed by atoms with Crippen LogP contribution in [0.1, 0.15) is 44.1 Å². The lowest BCUT2D eigenvalue weighted by Gasteiger charge is -2.44.